The van der Waals surface area contributed by atoms with Gasteiger partial charge in [-0.15, -0.1) is 0 Å². The van der Waals surface area contributed by atoms with Gasteiger partial charge in [-0.05, 0) is 58.9 Å². The van der Waals surface area contributed by atoms with Gasteiger partial charge in [0.1, 0.15) is 23.0 Å². The summed E-state index contributed by atoms with van der Waals surface area (Å²) < 4.78 is 18.5. The van der Waals surface area contributed by atoms with Gasteiger partial charge in [0, 0.05) is 34.6 Å². The number of carbonyl (C=O) groups excluding carboxylic acids is 1. The Morgan fingerprint density at radius 1 is 0.889 bits per heavy atom. The fourth-order valence-electron chi connectivity index (χ4n) is 4.54. The fourth-order valence-corrected chi connectivity index (χ4v) is 6.66. The Bertz CT molecular complexity index is 1500. The van der Waals surface area contributed by atoms with E-state index >= 15 is 0 Å². The summed E-state index contributed by atoms with van der Waals surface area (Å²) in [6.45, 7) is 0. The van der Waals surface area contributed by atoms with E-state index in [2.05, 4.69) is 12.1 Å². The van der Waals surface area contributed by atoms with Crippen LogP contribution in [0.5, 0.6) is 23.0 Å². The zero-order chi connectivity index (χ0) is 24.7. The first-order chi connectivity index (χ1) is 17.5. The van der Waals surface area contributed by atoms with Gasteiger partial charge in [0.25, 0.3) is 0 Å². The first-order valence-electron chi connectivity index (χ1n) is 11.1. The number of phenolic OH excluding ortho intramolecular Hbond substituents is 1. The van der Waals surface area contributed by atoms with Crippen LogP contribution in [0.2, 0.25) is 0 Å². The number of benzene rings is 4. The zero-order valence-electron chi connectivity index (χ0n) is 18.7. The summed E-state index contributed by atoms with van der Waals surface area (Å²) in [7, 11) is 2.98. The van der Waals surface area contributed by atoms with E-state index in [4.69, 9.17) is 26.4 Å². The van der Waals surface area contributed by atoms with E-state index in [0.29, 0.717) is 38.3 Å². The maximum Gasteiger partial charge on any atom is 0.340 e. The molecular formula is C28H18O5S3. The molecule has 4 aromatic carbocycles. The smallest absolute Gasteiger partial charge is 0.340 e. The standard InChI is InChI=1S/C28H18O5S3/c29-18-10-12-22-24(14-18)32-25-15-19(31-27(34)36-35-16-17-6-2-1-3-7-17)11-13-23(25)28(22)21-9-5-4-8-20(21)26(30)33-28/h1-15,29H,16H2. The number of hydrogen-bond donors (Lipinski definition) is 1. The van der Waals surface area contributed by atoms with Crippen molar-refractivity contribution in [2.75, 3.05) is 0 Å². The largest absolute Gasteiger partial charge is 0.508 e. The monoisotopic (exact) mass is 530 g/mol. The molecule has 0 radical (unpaired) electrons. The van der Waals surface area contributed by atoms with E-state index in [-0.39, 0.29) is 5.75 Å². The van der Waals surface area contributed by atoms with Crippen LogP contribution < -0.4 is 9.47 Å². The van der Waals surface area contributed by atoms with Gasteiger partial charge in [0.15, 0.2) is 5.60 Å². The molecule has 4 aromatic rings. The highest BCUT2D eigenvalue weighted by atomic mass is 33.1. The molecule has 0 aliphatic carbocycles. The van der Waals surface area contributed by atoms with Gasteiger partial charge in [0.2, 0.25) is 4.38 Å². The van der Waals surface area contributed by atoms with Crippen molar-refractivity contribution < 1.29 is 24.1 Å². The second-order valence-corrected chi connectivity index (χ2v) is 11.1. The van der Waals surface area contributed by atoms with Gasteiger partial charge in [-0.2, -0.15) is 0 Å². The average Bonchev–Trinajstić information content (AvgIpc) is 3.17. The van der Waals surface area contributed by atoms with Crippen molar-refractivity contribution in [1.82, 2.24) is 0 Å². The molecule has 6 rings (SSSR count). The minimum atomic E-state index is -1.19. The summed E-state index contributed by atoms with van der Waals surface area (Å²) in [5.74, 6) is 1.80. The van der Waals surface area contributed by atoms with E-state index < -0.39 is 11.6 Å². The molecule has 8 heteroatoms. The summed E-state index contributed by atoms with van der Waals surface area (Å²) in [4.78, 5) is 12.9. The predicted molar refractivity (Wildman–Crippen MR) is 145 cm³/mol. The Morgan fingerprint density at radius 2 is 1.61 bits per heavy atom. The van der Waals surface area contributed by atoms with Crippen LogP contribution in [-0.2, 0) is 16.1 Å². The van der Waals surface area contributed by atoms with Crippen LogP contribution in [0.3, 0.4) is 0 Å². The van der Waals surface area contributed by atoms with Crippen molar-refractivity contribution in [3.8, 4) is 23.0 Å². The summed E-state index contributed by atoms with van der Waals surface area (Å²) in [6.07, 6.45) is 0. The lowest BCUT2D eigenvalue weighted by Crippen LogP contribution is -2.32. The lowest BCUT2D eigenvalue weighted by molar-refractivity contribution is 0.0224. The normalized spacial score (nSPS) is 16.9. The second kappa shape index (κ2) is 9.20. The Labute approximate surface area is 220 Å². The summed E-state index contributed by atoms with van der Waals surface area (Å²) in [6, 6.07) is 27.6. The Hall–Kier alpha value is -3.46. The van der Waals surface area contributed by atoms with Crippen LogP contribution in [0.15, 0.2) is 91.0 Å². The number of thiocarbonyl (C=S) groups is 1. The molecule has 36 heavy (non-hydrogen) atoms. The lowest BCUT2D eigenvalue weighted by Gasteiger charge is -2.36. The van der Waals surface area contributed by atoms with Crippen LogP contribution in [0.25, 0.3) is 0 Å². The van der Waals surface area contributed by atoms with Crippen LogP contribution in [-0.4, -0.2) is 15.5 Å². The highest BCUT2D eigenvalue weighted by Crippen LogP contribution is 2.57. The van der Waals surface area contributed by atoms with Crippen LogP contribution >= 0.6 is 33.8 Å². The third-order valence-electron chi connectivity index (χ3n) is 6.07. The number of rotatable bonds is 4. The van der Waals surface area contributed by atoms with E-state index in [1.165, 1.54) is 22.4 Å². The van der Waals surface area contributed by atoms with Gasteiger partial charge in [-0.3, -0.25) is 0 Å². The summed E-state index contributed by atoms with van der Waals surface area (Å²) >= 11 is 5.43. The SMILES string of the molecule is O=C1OC2(c3ccc(O)cc3Oc3cc(OC(=S)SSCc4ccccc4)ccc32)c2ccccc21. The average molecular weight is 531 g/mol. The lowest BCUT2D eigenvalue weighted by atomic mass is 9.77. The number of ether oxygens (including phenoxy) is 3. The van der Waals surface area contributed by atoms with Crippen LogP contribution in [0, 0.1) is 0 Å². The van der Waals surface area contributed by atoms with E-state index in [1.807, 2.05) is 42.5 Å². The molecule has 2 aliphatic heterocycles. The number of carbonyl (C=O) groups is 1. The van der Waals surface area contributed by atoms with Crippen molar-refractivity contribution in [3.63, 3.8) is 0 Å². The highest BCUT2D eigenvalue weighted by molar-refractivity contribution is 8.83. The number of hydrogen-bond acceptors (Lipinski definition) is 8. The van der Waals surface area contributed by atoms with Crippen molar-refractivity contribution in [2.24, 2.45) is 0 Å². The molecule has 178 valence electrons. The molecule has 0 fully saturated rings. The predicted octanol–water partition coefficient (Wildman–Crippen LogP) is 7.21. The van der Waals surface area contributed by atoms with E-state index in [9.17, 15) is 9.90 Å². The van der Waals surface area contributed by atoms with Crippen molar-refractivity contribution in [1.29, 1.82) is 0 Å². The van der Waals surface area contributed by atoms with Crippen LogP contribution in [0.1, 0.15) is 32.6 Å². The first kappa shape index (κ1) is 23.0. The van der Waals surface area contributed by atoms with Crippen LogP contribution in [0.4, 0.5) is 0 Å². The fraction of sp³-hybridized carbons (Fsp3) is 0.0714. The Balaban J connectivity index is 1.31. The molecule has 2 heterocycles. The maximum atomic E-state index is 12.9. The second-order valence-electron chi connectivity index (χ2n) is 8.24. The van der Waals surface area contributed by atoms with Crippen molar-refractivity contribution in [3.05, 3.63) is 119 Å². The van der Waals surface area contributed by atoms with Crippen molar-refractivity contribution in [2.45, 2.75) is 11.4 Å². The third kappa shape index (κ3) is 3.91. The molecule has 0 aromatic heterocycles. The van der Waals surface area contributed by atoms with Gasteiger partial charge in [0.05, 0.1) is 5.56 Å². The molecule has 1 unspecified atom stereocenters. The number of phenols is 1. The van der Waals surface area contributed by atoms with E-state index in [0.717, 1.165) is 11.3 Å². The molecule has 1 N–H and O–H groups in total. The van der Waals surface area contributed by atoms with Crippen molar-refractivity contribution >= 4 is 44.2 Å². The molecule has 0 amide bonds. The molecule has 0 bridgehead atoms. The quantitative estimate of drug-likeness (QED) is 0.169. The van der Waals surface area contributed by atoms with Gasteiger partial charge < -0.3 is 19.3 Å². The molecule has 1 spiro atoms. The van der Waals surface area contributed by atoms with Gasteiger partial charge in [-0.1, -0.05) is 59.3 Å². The summed E-state index contributed by atoms with van der Waals surface area (Å²) in [5.41, 5.74) is 2.55. The summed E-state index contributed by atoms with van der Waals surface area (Å²) in [5, 5.41) is 10.1. The van der Waals surface area contributed by atoms with Gasteiger partial charge >= 0.3 is 5.97 Å². The molecule has 5 nitrogen and oxygen atoms in total. The molecule has 0 saturated carbocycles. The highest BCUT2D eigenvalue weighted by Gasteiger charge is 2.53. The Kier molecular flexibility index (Phi) is 5.87. The molecule has 0 saturated heterocycles. The molecule has 2 aliphatic rings. The zero-order valence-corrected chi connectivity index (χ0v) is 21.1. The molecular weight excluding hydrogens is 513 g/mol. The van der Waals surface area contributed by atoms with E-state index in [1.54, 1.807) is 41.1 Å². The maximum absolute atomic E-state index is 12.9. The molecule has 1 atom stereocenters. The number of aromatic hydroxyl groups is 1. The Morgan fingerprint density at radius 3 is 2.44 bits per heavy atom. The van der Waals surface area contributed by atoms with Gasteiger partial charge in [-0.25, -0.2) is 4.79 Å². The topological polar surface area (TPSA) is 65.0 Å². The number of esters is 1. The first-order valence-corrected chi connectivity index (χ1v) is 13.8. The third-order valence-corrected chi connectivity index (χ3v) is 8.66. The minimum absolute atomic E-state index is 0.0466. The number of fused-ring (bicyclic) bond motifs is 6. The minimum Gasteiger partial charge on any atom is -0.508 e.